The Balaban J connectivity index is 2.80. The maximum Gasteiger partial charge on any atom is 0.289 e. The van der Waals surface area contributed by atoms with Gasteiger partial charge < -0.3 is 0 Å². The average molecular weight is 173 g/mol. The SMILES string of the molecule is CC1SC(=O)N(C(C)C)C1=O. The molecule has 0 aliphatic carbocycles. The van der Waals surface area contributed by atoms with Gasteiger partial charge in [0, 0.05) is 6.04 Å². The molecular weight excluding hydrogens is 162 g/mol. The van der Waals surface area contributed by atoms with Crippen molar-refractivity contribution in [2.24, 2.45) is 0 Å². The van der Waals surface area contributed by atoms with Gasteiger partial charge in [-0.1, -0.05) is 11.8 Å². The van der Waals surface area contributed by atoms with Crippen LogP contribution in [0.1, 0.15) is 20.8 Å². The van der Waals surface area contributed by atoms with Gasteiger partial charge in [0.15, 0.2) is 0 Å². The van der Waals surface area contributed by atoms with Crippen LogP contribution in [-0.2, 0) is 4.79 Å². The molecule has 3 nitrogen and oxygen atoms in total. The molecular formula is C7H11NO2S. The molecule has 1 heterocycles. The number of carbonyl (C=O) groups excluding carboxylic acids is 2. The van der Waals surface area contributed by atoms with Crippen molar-refractivity contribution >= 4 is 22.9 Å². The molecule has 0 aromatic carbocycles. The molecule has 4 heteroatoms. The summed E-state index contributed by atoms with van der Waals surface area (Å²) in [6.45, 7) is 5.44. The van der Waals surface area contributed by atoms with Crippen LogP contribution >= 0.6 is 11.8 Å². The van der Waals surface area contributed by atoms with Gasteiger partial charge in [0.25, 0.3) is 5.24 Å². The first-order chi connectivity index (χ1) is 5.04. The van der Waals surface area contributed by atoms with E-state index >= 15 is 0 Å². The van der Waals surface area contributed by atoms with Crippen molar-refractivity contribution in [3.8, 4) is 0 Å². The molecule has 0 N–H and O–H groups in total. The van der Waals surface area contributed by atoms with E-state index < -0.39 is 0 Å². The monoisotopic (exact) mass is 173 g/mol. The number of amides is 2. The van der Waals surface area contributed by atoms with E-state index in [0.29, 0.717) is 0 Å². The number of carbonyl (C=O) groups is 2. The fraction of sp³-hybridized carbons (Fsp3) is 0.714. The maximum absolute atomic E-state index is 11.2. The van der Waals surface area contributed by atoms with Crippen molar-refractivity contribution in [3.05, 3.63) is 0 Å². The number of hydrogen-bond acceptors (Lipinski definition) is 3. The van der Waals surface area contributed by atoms with E-state index in [9.17, 15) is 9.59 Å². The van der Waals surface area contributed by atoms with Crippen LogP contribution in [0.4, 0.5) is 4.79 Å². The van der Waals surface area contributed by atoms with E-state index in [-0.39, 0.29) is 22.4 Å². The average Bonchev–Trinajstić information content (AvgIpc) is 2.07. The smallest absolute Gasteiger partial charge is 0.273 e. The van der Waals surface area contributed by atoms with Crippen LogP contribution in [0.25, 0.3) is 0 Å². The Bertz CT molecular complexity index is 203. The van der Waals surface area contributed by atoms with Crippen LogP contribution in [0.5, 0.6) is 0 Å². The van der Waals surface area contributed by atoms with Gasteiger partial charge in [-0.05, 0) is 20.8 Å². The highest BCUT2D eigenvalue weighted by atomic mass is 32.2. The van der Waals surface area contributed by atoms with Crippen molar-refractivity contribution in [2.75, 3.05) is 0 Å². The lowest BCUT2D eigenvalue weighted by molar-refractivity contribution is -0.127. The third-order valence-corrected chi connectivity index (χ3v) is 2.53. The van der Waals surface area contributed by atoms with Gasteiger partial charge in [-0.2, -0.15) is 0 Å². The van der Waals surface area contributed by atoms with E-state index in [4.69, 9.17) is 0 Å². The minimum atomic E-state index is -0.190. The van der Waals surface area contributed by atoms with Crippen LogP contribution in [-0.4, -0.2) is 27.3 Å². The summed E-state index contributed by atoms with van der Waals surface area (Å²) in [4.78, 5) is 23.7. The Labute approximate surface area is 70.1 Å². The number of hydrogen-bond donors (Lipinski definition) is 0. The van der Waals surface area contributed by atoms with Crippen LogP contribution in [0.2, 0.25) is 0 Å². The summed E-state index contributed by atoms with van der Waals surface area (Å²) in [5.74, 6) is -0.0602. The number of thioether (sulfide) groups is 1. The molecule has 1 fully saturated rings. The van der Waals surface area contributed by atoms with Crippen LogP contribution in [0, 0.1) is 0 Å². The van der Waals surface area contributed by atoms with Gasteiger partial charge in [-0.3, -0.25) is 14.5 Å². The third kappa shape index (κ3) is 1.40. The highest BCUT2D eigenvalue weighted by Crippen LogP contribution is 2.27. The minimum absolute atomic E-state index is 0.00699. The molecule has 62 valence electrons. The topological polar surface area (TPSA) is 37.4 Å². The van der Waals surface area contributed by atoms with Gasteiger partial charge in [0.1, 0.15) is 0 Å². The molecule has 11 heavy (non-hydrogen) atoms. The zero-order valence-corrected chi connectivity index (χ0v) is 7.64. The van der Waals surface area contributed by atoms with Crippen LogP contribution in [0.3, 0.4) is 0 Å². The molecule has 0 aromatic heterocycles. The maximum atomic E-state index is 11.2. The summed E-state index contributed by atoms with van der Waals surface area (Å²) in [6, 6.07) is -0.00699. The Morgan fingerprint density at radius 1 is 1.45 bits per heavy atom. The van der Waals surface area contributed by atoms with Crippen molar-refractivity contribution in [2.45, 2.75) is 32.1 Å². The first kappa shape index (κ1) is 8.59. The first-order valence-corrected chi connectivity index (χ1v) is 4.45. The van der Waals surface area contributed by atoms with Gasteiger partial charge in [-0.15, -0.1) is 0 Å². The molecule has 0 bridgehead atoms. The van der Waals surface area contributed by atoms with Gasteiger partial charge in [0.05, 0.1) is 5.25 Å². The van der Waals surface area contributed by atoms with Crippen molar-refractivity contribution in [1.82, 2.24) is 4.90 Å². The number of rotatable bonds is 1. The molecule has 1 rings (SSSR count). The normalized spacial score (nSPS) is 25.5. The molecule has 0 spiro atoms. The Morgan fingerprint density at radius 3 is 2.18 bits per heavy atom. The highest BCUT2D eigenvalue weighted by molar-refractivity contribution is 8.15. The number of nitrogens with zero attached hydrogens (tertiary/aromatic N) is 1. The zero-order valence-electron chi connectivity index (χ0n) is 6.83. The van der Waals surface area contributed by atoms with Crippen molar-refractivity contribution < 1.29 is 9.59 Å². The van der Waals surface area contributed by atoms with Gasteiger partial charge >= 0.3 is 0 Å². The zero-order chi connectivity index (χ0) is 8.59. The molecule has 0 radical (unpaired) electrons. The molecule has 1 aliphatic rings. The third-order valence-electron chi connectivity index (χ3n) is 1.58. The first-order valence-electron chi connectivity index (χ1n) is 3.57. The Hall–Kier alpha value is -0.510. The molecule has 1 saturated heterocycles. The second-order valence-corrected chi connectivity index (χ2v) is 4.12. The van der Waals surface area contributed by atoms with E-state index in [1.54, 1.807) is 6.92 Å². The fourth-order valence-corrected chi connectivity index (χ4v) is 1.94. The van der Waals surface area contributed by atoms with Crippen molar-refractivity contribution in [3.63, 3.8) is 0 Å². The Kier molecular flexibility index (Phi) is 2.23. The van der Waals surface area contributed by atoms with Crippen LogP contribution in [0.15, 0.2) is 0 Å². The summed E-state index contributed by atoms with van der Waals surface area (Å²) < 4.78 is 0. The molecule has 1 atom stereocenters. The molecule has 0 saturated carbocycles. The number of imide groups is 1. The summed E-state index contributed by atoms with van der Waals surface area (Å²) in [7, 11) is 0. The fourth-order valence-electron chi connectivity index (χ4n) is 1.01. The van der Waals surface area contributed by atoms with E-state index in [2.05, 4.69) is 0 Å². The van der Waals surface area contributed by atoms with Gasteiger partial charge in [0.2, 0.25) is 5.91 Å². The second kappa shape index (κ2) is 2.85. The lowest BCUT2D eigenvalue weighted by Crippen LogP contribution is -2.36. The quantitative estimate of drug-likeness (QED) is 0.602. The summed E-state index contributed by atoms with van der Waals surface area (Å²) in [5, 5.41) is -0.303. The van der Waals surface area contributed by atoms with E-state index in [1.807, 2.05) is 13.8 Å². The molecule has 2 amide bonds. The molecule has 1 aliphatic heterocycles. The lowest BCUT2D eigenvalue weighted by Gasteiger charge is -2.16. The van der Waals surface area contributed by atoms with E-state index in [1.165, 1.54) is 4.90 Å². The second-order valence-electron chi connectivity index (χ2n) is 2.83. The minimum Gasteiger partial charge on any atom is -0.273 e. The lowest BCUT2D eigenvalue weighted by atomic mass is 10.3. The van der Waals surface area contributed by atoms with E-state index in [0.717, 1.165) is 11.8 Å². The molecule has 1 unspecified atom stereocenters. The predicted octanol–water partition coefficient (Wildman–Crippen LogP) is 1.48. The largest absolute Gasteiger partial charge is 0.289 e. The summed E-state index contributed by atoms with van der Waals surface area (Å²) >= 11 is 1.10. The van der Waals surface area contributed by atoms with Crippen LogP contribution < -0.4 is 0 Å². The molecule has 0 aromatic rings. The standard InChI is InChI=1S/C7H11NO2S/c1-4(2)8-6(9)5(3)11-7(8)10/h4-5H,1-3H3. The van der Waals surface area contributed by atoms with Gasteiger partial charge in [-0.25, -0.2) is 0 Å². The predicted molar refractivity (Wildman–Crippen MR) is 44.4 cm³/mol. The Morgan fingerprint density at radius 2 is 2.00 bits per heavy atom. The highest BCUT2D eigenvalue weighted by Gasteiger charge is 2.37. The van der Waals surface area contributed by atoms with Crippen molar-refractivity contribution in [1.29, 1.82) is 0 Å². The summed E-state index contributed by atoms with van der Waals surface area (Å²) in [6.07, 6.45) is 0. The summed E-state index contributed by atoms with van der Waals surface area (Å²) in [5.41, 5.74) is 0.